The van der Waals surface area contributed by atoms with Gasteiger partial charge in [0.1, 0.15) is 0 Å². The summed E-state index contributed by atoms with van der Waals surface area (Å²) < 4.78 is 0. The lowest BCUT2D eigenvalue weighted by molar-refractivity contribution is -0.136. The Morgan fingerprint density at radius 2 is 2.38 bits per heavy atom. The highest BCUT2D eigenvalue weighted by molar-refractivity contribution is 5.68. The molecule has 1 aliphatic rings. The number of carbonyl (C=O) groups is 1. The van der Waals surface area contributed by atoms with E-state index in [2.05, 4.69) is 10.2 Å². The molecule has 1 saturated heterocycles. The fourth-order valence-electron chi connectivity index (χ4n) is 2.24. The first-order chi connectivity index (χ1) is 7.58. The Labute approximate surface area is 96.4 Å². The maximum absolute atomic E-state index is 10.3. The van der Waals surface area contributed by atoms with E-state index < -0.39 is 5.97 Å². The predicted octanol–water partition coefficient (Wildman–Crippen LogP) is -0.247. The molecule has 1 heterocycles. The van der Waals surface area contributed by atoms with Crippen LogP contribution < -0.4 is 5.32 Å². The van der Waals surface area contributed by atoms with Crippen molar-refractivity contribution in [3.8, 4) is 0 Å². The van der Waals surface area contributed by atoms with Crippen LogP contribution in [0.2, 0.25) is 0 Å². The third kappa shape index (κ3) is 5.44. The highest BCUT2D eigenvalue weighted by Gasteiger charge is 2.20. The van der Waals surface area contributed by atoms with Gasteiger partial charge in [-0.15, -0.1) is 0 Å². The van der Waals surface area contributed by atoms with Crippen molar-refractivity contribution in [1.82, 2.24) is 10.2 Å². The largest absolute Gasteiger partial charge is 0.480 e. The first-order valence-corrected chi connectivity index (χ1v) is 5.91. The summed E-state index contributed by atoms with van der Waals surface area (Å²) >= 11 is 0. The second-order valence-electron chi connectivity index (χ2n) is 4.64. The lowest BCUT2D eigenvalue weighted by Gasteiger charge is -2.33. The van der Waals surface area contributed by atoms with E-state index in [0.29, 0.717) is 5.92 Å². The molecule has 1 rings (SSSR count). The molecule has 1 fully saturated rings. The Bertz CT molecular complexity index is 221. The third-order valence-corrected chi connectivity index (χ3v) is 2.83. The maximum atomic E-state index is 10.3. The second-order valence-corrected chi connectivity index (χ2v) is 4.64. The van der Waals surface area contributed by atoms with Crippen LogP contribution in [0.3, 0.4) is 0 Å². The van der Waals surface area contributed by atoms with E-state index in [4.69, 9.17) is 5.11 Å². The number of hydrogen-bond donors (Lipinski definition) is 3. The zero-order chi connectivity index (χ0) is 12.0. The molecule has 2 atom stereocenters. The van der Waals surface area contributed by atoms with Gasteiger partial charge in [-0.25, -0.2) is 0 Å². The minimum absolute atomic E-state index is 0.0346. The smallest absolute Gasteiger partial charge is 0.317 e. The van der Waals surface area contributed by atoms with Crippen molar-refractivity contribution >= 4 is 5.97 Å². The highest BCUT2D eigenvalue weighted by Crippen LogP contribution is 2.15. The standard InChI is InChI=1S/C11H22N2O3/c1-9(14)7-13-4-2-3-10(8-13)5-12-6-11(15)16/h9-10,12,14H,2-8H2,1H3,(H,15,16). The van der Waals surface area contributed by atoms with Gasteiger partial charge in [0.25, 0.3) is 0 Å². The number of nitrogens with one attached hydrogen (secondary N) is 1. The van der Waals surface area contributed by atoms with E-state index >= 15 is 0 Å². The Morgan fingerprint density at radius 3 is 3.00 bits per heavy atom. The van der Waals surface area contributed by atoms with Crippen molar-refractivity contribution in [3.05, 3.63) is 0 Å². The van der Waals surface area contributed by atoms with E-state index in [1.54, 1.807) is 6.92 Å². The molecule has 2 unspecified atom stereocenters. The van der Waals surface area contributed by atoms with Crippen molar-refractivity contribution in [2.24, 2.45) is 5.92 Å². The van der Waals surface area contributed by atoms with E-state index in [9.17, 15) is 9.90 Å². The topological polar surface area (TPSA) is 72.8 Å². The van der Waals surface area contributed by atoms with Gasteiger partial charge in [-0.3, -0.25) is 4.79 Å². The summed E-state index contributed by atoms with van der Waals surface area (Å²) in [5.74, 6) is -0.302. The van der Waals surface area contributed by atoms with Gasteiger partial charge < -0.3 is 20.4 Å². The van der Waals surface area contributed by atoms with E-state index in [-0.39, 0.29) is 12.6 Å². The molecule has 0 aromatic heterocycles. The molecule has 5 nitrogen and oxygen atoms in total. The second kappa shape index (κ2) is 6.83. The molecule has 0 spiro atoms. The Balaban J connectivity index is 2.19. The molecule has 0 radical (unpaired) electrons. The van der Waals surface area contributed by atoms with Gasteiger partial charge in [-0.2, -0.15) is 0 Å². The zero-order valence-corrected chi connectivity index (χ0v) is 9.85. The molecule has 0 amide bonds. The number of likely N-dealkylation sites (tertiary alicyclic amines) is 1. The van der Waals surface area contributed by atoms with Gasteiger partial charge in [0, 0.05) is 13.1 Å². The van der Waals surface area contributed by atoms with Crippen molar-refractivity contribution in [2.75, 3.05) is 32.7 Å². The first-order valence-electron chi connectivity index (χ1n) is 5.91. The summed E-state index contributed by atoms with van der Waals surface area (Å²) in [6.45, 7) is 5.30. The third-order valence-electron chi connectivity index (χ3n) is 2.83. The molecule has 3 N–H and O–H groups in total. The van der Waals surface area contributed by atoms with Gasteiger partial charge >= 0.3 is 5.97 Å². The molecule has 16 heavy (non-hydrogen) atoms. The number of aliphatic hydroxyl groups is 1. The number of hydrogen-bond acceptors (Lipinski definition) is 4. The SMILES string of the molecule is CC(O)CN1CCCC(CNCC(=O)O)C1. The molecule has 0 saturated carbocycles. The highest BCUT2D eigenvalue weighted by atomic mass is 16.4. The van der Waals surface area contributed by atoms with Crippen LogP contribution in [-0.4, -0.2) is 59.9 Å². The van der Waals surface area contributed by atoms with E-state index in [1.165, 1.54) is 0 Å². The van der Waals surface area contributed by atoms with Crippen LogP contribution >= 0.6 is 0 Å². The lowest BCUT2D eigenvalue weighted by Crippen LogP contribution is -2.43. The van der Waals surface area contributed by atoms with Gasteiger partial charge in [-0.1, -0.05) is 0 Å². The quantitative estimate of drug-likeness (QED) is 0.587. The fraction of sp³-hybridized carbons (Fsp3) is 0.909. The summed E-state index contributed by atoms with van der Waals surface area (Å²) in [7, 11) is 0. The minimum atomic E-state index is -0.809. The van der Waals surface area contributed by atoms with Gasteiger partial charge in [0.05, 0.1) is 12.6 Å². The first kappa shape index (κ1) is 13.4. The average molecular weight is 230 g/mol. The van der Waals surface area contributed by atoms with Gasteiger partial charge in [0.2, 0.25) is 0 Å². The molecular weight excluding hydrogens is 208 g/mol. The van der Waals surface area contributed by atoms with Crippen molar-refractivity contribution in [2.45, 2.75) is 25.9 Å². The Morgan fingerprint density at radius 1 is 1.62 bits per heavy atom. The van der Waals surface area contributed by atoms with Gasteiger partial charge in [-0.05, 0) is 38.8 Å². The number of β-amino-alcohol motifs (C(OH)–C–C–N with tert-alkyl or cyclic N) is 1. The van der Waals surface area contributed by atoms with Crippen molar-refractivity contribution in [3.63, 3.8) is 0 Å². The molecule has 0 aromatic rings. The number of rotatable bonds is 6. The van der Waals surface area contributed by atoms with Crippen LogP contribution in [0.4, 0.5) is 0 Å². The molecular formula is C11H22N2O3. The van der Waals surface area contributed by atoms with Crippen molar-refractivity contribution in [1.29, 1.82) is 0 Å². The van der Waals surface area contributed by atoms with Gasteiger partial charge in [0.15, 0.2) is 0 Å². The Hall–Kier alpha value is -0.650. The number of aliphatic carboxylic acids is 1. The predicted molar refractivity (Wildman–Crippen MR) is 61.4 cm³/mol. The fourth-order valence-corrected chi connectivity index (χ4v) is 2.24. The van der Waals surface area contributed by atoms with E-state index in [0.717, 1.165) is 39.0 Å². The Kier molecular flexibility index (Phi) is 5.73. The molecule has 0 bridgehead atoms. The zero-order valence-electron chi connectivity index (χ0n) is 9.85. The molecule has 0 aromatic carbocycles. The lowest BCUT2D eigenvalue weighted by atomic mass is 9.98. The summed E-state index contributed by atoms with van der Waals surface area (Å²) in [6.07, 6.45) is 1.99. The van der Waals surface area contributed by atoms with Crippen molar-refractivity contribution < 1.29 is 15.0 Å². The summed E-state index contributed by atoms with van der Waals surface area (Å²) in [6, 6.07) is 0. The summed E-state index contributed by atoms with van der Waals surface area (Å²) in [4.78, 5) is 12.6. The molecule has 1 aliphatic heterocycles. The molecule has 5 heteroatoms. The minimum Gasteiger partial charge on any atom is -0.480 e. The van der Waals surface area contributed by atoms with Crippen LogP contribution in [0.25, 0.3) is 0 Å². The maximum Gasteiger partial charge on any atom is 0.317 e. The van der Waals surface area contributed by atoms with E-state index in [1.807, 2.05) is 0 Å². The number of piperidine rings is 1. The van der Waals surface area contributed by atoms with Crippen LogP contribution in [0.1, 0.15) is 19.8 Å². The molecule has 94 valence electrons. The monoisotopic (exact) mass is 230 g/mol. The number of carboxylic acid groups (broad SMARTS) is 1. The average Bonchev–Trinajstić information content (AvgIpc) is 2.16. The van der Waals surface area contributed by atoms with Crippen LogP contribution in [-0.2, 0) is 4.79 Å². The summed E-state index contributed by atoms with van der Waals surface area (Å²) in [5.41, 5.74) is 0. The summed E-state index contributed by atoms with van der Waals surface area (Å²) in [5, 5.41) is 20.8. The van der Waals surface area contributed by atoms with Crippen LogP contribution in [0, 0.1) is 5.92 Å². The van der Waals surface area contributed by atoms with Crippen LogP contribution in [0.15, 0.2) is 0 Å². The number of nitrogens with zero attached hydrogens (tertiary/aromatic N) is 1. The normalized spacial score (nSPS) is 24.2. The number of carboxylic acids is 1. The van der Waals surface area contributed by atoms with Crippen LogP contribution in [0.5, 0.6) is 0 Å². The molecule has 0 aliphatic carbocycles. The number of aliphatic hydroxyl groups excluding tert-OH is 1.